The molecule has 1 saturated carbocycles. The first-order chi connectivity index (χ1) is 14.8. The van der Waals surface area contributed by atoms with Gasteiger partial charge < -0.3 is 24.6 Å². The van der Waals surface area contributed by atoms with Crippen molar-refractivity contribution in [2.75, 3.05) is 0 Å². The van der Waals surface area contributed by atoms with E-state index in [0.717, 1.165) is 30.4 Å². The van der Waals surface area contributed by atoms with Crippen molar-refractivity contribution in [2.24, 2.45) is 0 Å². The molecule has 4 atom stereocenters. The van der Waals surface area contributed by atoms with Gasteiger partial charge in [-0.2, -0.15) is 0 Å². The number of benzene rings is 1. The predicted molar refractivity (Wildman–Crippen MR) is 112 cm³/mol. The third kappa shape index (κ3) is 3.22. The Kier molecular flexibility index (Phi) is 4.62. The highest BCUT2D eigenvalue weighted by molar-refractivity contribution is 5.99. The van der Waals surface area contributed by atoms with Crippen molar-refractivity contribution in [3.63, 3.8) is 0 Å². The molecule has 162 valence electrons. The first-order valence-electron chi connectivity index (χ1n) is 10.7. The first kappa shape index (κ1) is 19.8. The summed E-state index contributed by atoms with van der Waals surface area (Å²) >= 11 is 0. The maximum Gasteiger partial charge on any atom is 0.276 e. The van der Waals surface area contributed by atoms with Gasteiger partial charge in [-0.3, -0.25) is 14.4 Å². The quantitative estimate of drug-likeness (QED) is 0.787. The number of ether oxygens (including phenoxy) is 1. The SMILES string of the molecule is Cc1ccc([C@H](C)NC(=O)c2cn3c(c(O)c2=O)C(=O)N2[C@@H]4CC[C@@H](C4)O[C@H]2C3)cc1. The number of fused-ring (bicyclic) bond motifs is 5. The molecule has 1 aliphatic carbocycles. The highest BCUT2D eigenvalue weighted by Crippen LogP contribution is 2.38. The largest absolute Gasteiger partial charge is 0.503 e. The summed E-state index contributed by atoms with van der Waals surface area (Å²) in [6.07, 6.45) is 3.58. The summed E-state index contributed by atoms with van der Waals surface area (Å²) in [7, 11) is 0. The third-order valence-electron chi connectivity index (χ3n) is 6.63. The van der Waals surface area contributed by atoms with Crippen LogP contribution in [-0.2, 0) is 11.3 Å². The van der Waals surface area contributed by atoms with Crippen LogP contribution < -0.4 is 10.7 Å². The molecule has 31 heavy (non-hydrogen) atoms. The number of pyridine rings is 1. The molecule has 2 N–H and O–H groups in total. The molecular formula is C23H25N3O5. The summed E-state index contributed by atoms with van der Waals surface area (Å²) in [5.74, 6) is -1.70. The number of carbonyl (C=O) groups is 2. The summed E-state index contributed by atoms with van der Waals surface area (Å²) in [6, 6.07) is 7.47. The second kappa shape index (κ2) is 7.23. The van der Waals surface area contributed by atoms with Crippen molar-refractivity contribution in [3.8, 4) is 5.75 Å². The van der Waals surface area contributed by atoms with Gasteiger partial charge in [0.1, 0.15) is 5.56 Å². The third-order valence-corrected chi connectivity index (χ3v) is 6.63. The molecule has 1 saturated heterocycles. The van der Waals surface area contributed by atoms with Crippen LogP contribution in [0, 0.1) is 6.92 Å². The number of nitrogens with zero attached hydrogens (tertiary/aromatic N) is 2. The zero-order valence-corrected chi connectivity index (χ0v) is 17.5. The summed E-state index contributed by atoms with van der Waals surface area (Å²) in [5, 5.41) is 13.4. The molecule has 3 aliphatic rings. The summed E-state index contributed by atoms with van der Waals surface area (Å²) in [6.45, 7) is 4.08. The minimum Gasteiger partial charge on any atom is -0.503 e. The van der Waals surface area contributed by atoms with E-state index in [1.165, 1.54) is 10.8 Å². The lowest BCUT2D eigenvalue weighted by Gasteiger charge is -2.44. The zero-order chi connectivity index (χ0) is 21.9. The van der Waals surface area contributed by atoms with E-state index in [0.29, 0.717) is 0 Å². The van der Waals surface area contributed by atoms with Gasteiger partial charge in [0.2, 0.25) is 5.43 Å². The fourth-order valence-electron chi connectivity index (χ4n) is 4.93. The van der Waals surface area contributed by atoms with Crippen molar-refractivity contribution in [2.45, 2.75) is 64.1 Å². The Morgan fingerprint density at radius 2 is 1.97 bits per heavy atom. The number of rotatable bonds is 3. The average molecular weight is 423 g/mol. The lowest BCUT2D eigenvalue weighted by Crippen LogP contribution is -2.57. The number of aryl methyl sites for hydroxylation is 1. The van der Waals surface area contributed by atoms with Crippen molar-refractivity contribution in [3.05, 3.63) is 63.1 Å². The van der Waals surface area contributed by atoms with Gasteiger partial charge in [0.25, 0.3) is 11.8 Å². The Bertz CT molecular complexity index is 1120. The van der Waals surface area contributed by atoms with Gasteiger partial charge in [-0.05, 0) is 38.7 Å². The van der Waals surface area contributed by atoms with Crippen molar-refractivity contribution in [1.82, 2.24) is 14.8 Å². The molecule has 8 heteroatoms. The van der Waals surface area contributed by atoms with E-state index in [-0.39, 0.29) is 36.0 Å². The Labute approximate surface area is 179 Å². The lowest BCUT2D eigenvalue weighted by atomic mass is 10.0. The normalized spacial score (nSPS) is 25.0. The number of hydrogen-bond acceptors (Lipinski definition) is 5. The van der Waals surface area contributed by atoms with Crippen LogP contribution in [0.2, 0.25) is 0 Å². The van der Waals surface area contributed by atoms with Crippen molar-refractivity contribution >= 4 is 11.8 Å². The predicted octanol–water partition coefficient (Wildman–Crippen LogP) is 2.09. The van der Waals surface area contributed by atoms with Gasteiger partial charge in [-0.15, -0.1) is 0 Å². The second-order valence-electron chi connectivity index (χ2n) is 8.72. The first-order valence-corrected chi connectivity index (χ1v) is 10.7. The molecule has 2 amide bonds. The fourth-order valence-corrected chi connectivity index (χ4v) is 4.93. The van der Waals surface area contributed by atoms with Gasteiger partial charge in [-0.1, -0.05) is 29.8 Å². The number of carbonyl (C=O) groups excluding carboxylic acids is 2. The molecule has 1 aromatic carbocycles. The van der Waals surface area contributed by atoms with E-state index < -0.39 is 29.2 Å². The number of aromatic nitrogens is 1. The topological polar surface area (TPSA) is 101 Å². The van der Waals surface area contributed by atoms with Gasteiger partial charge in [-0.25, -0.2) is 0 Å². The molecule has 1 aromatic heterocycles. The monoisotopic (exact) mass is 423 g/mol. The van der Waals surface area contributed by atoms with Crippen LogP contribution in [0.3, 0.4) is 0 Å². The van der Waals surface area contributed by atoms with Gasteiger partial charge in [0.05, 0.1) is 18.7 Å². The summed E-state index contributed by atoms with van der Waals surface area (Å²) < 4.78 is 7.52. The molecule has 8 nitrogen and oxygen atoms in total. The van der Waals surface area contributed by atoms with Gasteiger partial charge in [0.15, 0.2) is 17.7 Å². The fraction of sp³-hybridized carbons (Fsp3) is 0.435. The van der Waals surface area contributed by atoms with E-state index in [9.17, 15) is 19.5 Å². The number of aromatic hydroxyl groups is 1. The van der Waals surface area contributed by atoms with Crippen molar-refractivity contribution < 1.29 is 19.4 Å². The molecule has 2 fully saturated rings. The maximum atomic E-state index is 13.1. The molecule has 5 rings (SSSR count). The van der Waals surface area contributed by atoms with Crippen LogP contribution in [0.25, 0.3) is 0 Å². The Hall–Kier alpha value is -3.13. The molecule has 0 spiro atoms. The second-order valence-corrected chi connectivity index (χ2v) is 8.72. The van der Waals surface area contributed by atoms with E-state index in [1.807, 2.05) is 38.1 Å². The van der Waals surface area contributed by atoms with Gasteiger partial charge in [0, 0.05) is 12.2 Å². The lowest BCUT2D eigenvalue weighted by molar-refractivity contribution is -0.132. The van der Waals surface area contributed by atoms with Crippen molar-refractivity contribution in [1.29, 1.82) is 0 Å². The highest BCUT2D eigenvalue weighted by Gasteiger charge is 2.47. The van der Waals surface area contributed by atoms with Crippen LogP contribution in [-0.4, -0.2) is 44.8 Å². The average Bonchev–Trinajstić information content (AvgIpc) is 3.11. The van der Waals surface area contributed by atoms with E-state index >= 15 is 0 Å². The van der Waals surface area contributed by atoms with Crippen LogP contribution in [0.4, 0.5) is 0 Å². The number of amides is 2. The summed E-state index contributed by atoms with van der Waals surface area (Å²) in [4.78, 5) is 40.4. The molecule has 0 radical (unpaired) electrons. The molecule has 2 aliphatic heterocycles. The highest BCUT2D eigenvalue weighted by atomic mass is 16.5. The van der Waals surface area contributed by atoms with Crippen LogP contribution in [0.1, 0.15) is 64.2 Å². The smallest absolute Gasteiger partial charge is 0.276 e. The Morgan fingerprint density at radius 1 is 1.23 bits per heavy atom. The van der Waals surface area contributed by atoms with Crippen LogP contribution in [0.5, 0.6) is 5.75 Å². The van der Waals surface area contributed by atoms with Crippen LogP contribution in [0.15, 0.2) is 35.3 Å². The number of hydrogen-bond donors (Lipinski definition) is 2. The molecular weight excluding hydrogens is 398 g/mol. The Morgan fingerprint density at radius 3 is 2.71 bits per heavy atom. The van der Waals surface area contributed by atoms with Gasteiger partial charge >= 0.3 is 0 Å². The summed E-state index contributed by atoms with van der Waals surface area (Å²) in [5.41, 5.74) is 0.905. The molecule has 2 aromatic rings. The van der Waals surface area contributed by atoms with Crippen LogP contribution >= 0.6 is 0 Å². The number of nitrogens with one attached hydrogen (secondary N) is 1. The standard InChI is InChI=1S/C23H25N3O5/c1-12-3-5-14(6-4-12)13(2)24-22(29)17-10-25-11-18-26(15-7-8-16(9-15)31-18)23(30)19(25)21(28)20(17)27/h3-6,10,13,15-16,18,28H,7-9,11H2,1-2H3,(H,24,29)/t13-,15+,16-,18-/m0/s1. The molecule has 0 unspecified atom stereocenters. The molecule has 3 heterocycles. The minimum atomic E-state index is -0.839. The zero-order valence-electron chi connectivity index (χ0n) is 17.5. The van der Waals surface area contributed by atoms with E-state index in [1.54, 1.807) is 4.90 Å². The minimum absolute atomic E-state index is 0.0674. The maximum absolute atomic E-state index is 13.1. The van der Waals surface area contributed by atoms with E-state index in [4.69, 9.17) is 4.74 Å². The van der Waals surface area contributed by atoms with E-state index in [2.05, 4.69) is 5.32 Å². The molecule has 2 bridgehead atoms. The Balaban J connectivity index is 1.45.